The standard InChI is InChI=1S/C13H20N2O/c1-10(2)13-11(3)8-12(9-14-13)15-4-6-16-7-5-15/h8-10H,4-7H2,1-3H3. The molecule has 0 spiro atoms. The summed E-state index contributed by atoms with van der Waals surface area (Å²) in [6.07, 6.45) is 1.99. The molecule has 1 fully saturated rings. The zero-order chi connectivity index (χ0) is 11.5. The zero-order valence-electron chi connectivity index (χ0n) is 10.4. The molecular weight excluding hydrogens is 200 g/mol. The van der Waals surface area contributed by atoms with Crippen LogP contribution < -0.4 is 4.90 Å². The van der Waals surface area contributed by atoms with Crippen LogP contribution in [0.1, 0.15) is 31.0 Å². The molecule has 0 N–H and O–H groups in total. The first-order chi connectivity index (χ1) is 7.68. The van der Waals surface area contributed by atoms with E-state index in [1.807, 2.05) is 6.20 Å². The second kappa shape index (κ2) is 4.83. The van der Waals surface area contributed by atoms with Gasteiger partial charge < -0.3 is 9.64 Å². The van der Waals surface area contributed by atoms with Crippen LogP contribution >= 0.6 is 0 Å². The van der Waals surface area contributed by atoms with Gasteiger partial charge in [0.2, 0.25) is 0 Å². The van der Waals surface area contributed by atoms with Crippen molar-refractivity contribution in [2.75, 3.05) is 31.2 Å². The molecule has 1 aromatic heterocycles. The lowest BCUT2D eigenvalue weighted by Gasteiger charge is -2.29. The molecule has 0 bridgehead atoms. The molecule has 0 amide bonds. The van der Waals surface area contributed by atoms with E-state index < -0.39 is 0 Å². The summed E-state index contributed by atoms with van der Waals surface area (Å²) in [5, 5.41) is 0. The van der Waals surface area contributed by atoms with E-state index in [-0.39, 0.29) is 0 Å². The van der Waals surface area contributed by atoms with Crippen molar-refractivity contribution in [2.45, 2.75) is 26.7 Å². The van der Waals surface area contributed by atoms with Crippen LogP contribution in [0.15, 0.2) is 12.3 Å². The molecule has 0 radical (unpaired) electrons. The van der Waals surface area contributed by atoms with Gasteiger partial charge in [0, 0.05) is 18.8 Å². The van der Waals surface area contributed by atoms with Crippen molar-refractivity contribution >= 4 is 5.69 Å². The Morgan fingerprint density at radius 1 is 1.31 bits per heavy atom. The van der Waals surface area contributed by atoms with Gasteiger partial charge in [0.15, 0.2) is 0 Å². The van der Waals surface area contributed by atoms with Crippen molar-refractivity contribution in [2.24, 2.45) is 0 Å². The number of hydrogen-bond donors (Lipinski definition) is 0. The first-order valence-electron chi connectivity index (χ1n) is 5.97. The van der Waals surface area contributed by atoms with Crippen molar-refractivity contribution < 1.29 is 4.74 Å². The largest absolute Gasteiger partial charge is 0.378 e. The van der Waals surface area contributed by atoms with E-state index >= 15 is 0 Å². The number of morpholine rings is 1. The van der Waals surface area contributed by atoms with Crippen LogP contribution in [-0.2, 0) is 4.74 Å². The molecule has 1 aliphatic heterocycles. The Morgan fingerprint density at radius 2 is 2.00 bits per heavy atom. The molecule has 3 nitrogen and oxygen atoms in total. The molecular formula is C13H20N2O. The maximum Gasteiger partial charge on any atom is 0.0642 e. The van der Waals surface area contributed by atoms with Gasteiger partial charge in [-0.15, -0.1) is 0 Å². The van der Waals surface area contributed by atoms with Crippen LogP contribution in [0.2, 0.25) is 0 Å². The number of anilines is 1. The number of pyridine rings is 1. The summed E-state index contributed by atoms with van der Waals surface area (Å²) in [6.45, 7) is 10.1. The third-order valence-electron chi connectivity index (χ3n) is 3.03. The van der Waals surface area contributed by atoms with Crippen LogP contribution in [-0.4, -0.2) is 31.3 Å². The minimum Gasteiger partial charge on any atom is -0.378 e. The number of rotatable bonds is 2. The average molecular weight is 220 g/mol. The highest BCUT2D eigenvalue weighted by molar-refractivity contribution is 5.48. The van der Waals surface area contributed by atoms with Crippen molar-refractivity contribution in [3.63, 3.8) is 0 Å². The molecule has 0 atom stereocenters. The second-order valence-electron chi connectivity index (χ2n) is 4.65. The predicted molar refractivity (Wildman–Crippen MR) is 66.1 cm³/mol. The molecule has 1 saturated heterocycles. The lowest BCUT2D eigenvalue weighted by atomic mass is 10.0. The molecule has 2 rings (SSSR count). The van der Waals surface area contributed by atoms with E-state index in [0.29, 0.717) is 5.92 Å². The fraction of sp³-hybridized carbons (Fsp3) is 0.615. The first-order valence-corrected chi connectivity index (χ1v) is 5.97. The summed E-state index contributed by atoms with van der Waals surface area (Å²) in [7, 11) is 0. The van der Waals surface area contributed by atoms with Crippen LogP contribution in [0.25, 0.3) is 0 Å². The molecule has 3 heteroatoms. The minimum atomic E-state index is 0.499. The Hall–Kier alpha value is -1.09. The fourth-order valence-electron chi connectivity index (χ4n) is 2.17. The topological polar surface area (TPSA) is 25.4 Å². The summed E-state index contributed by atoms with van der Waals surface area (Å²) in [5.41, 5.74) is 3.72. The van der Waals surface area contributed by atoms with E-state index in [4.69, 9.17) is 4.74 Å². The van der Waals surface area contributed by atoms with E-state index in [2.05, 4.69) is 36.7 Å². The third kappa shape index (κ3) is 2.35. The number of nitrogens with zero attached hydrogens (tertiary/aromatic N) is 2. The lowest BCUT2D eigenvalue weighted by molar-refractivity contribution is 0.122. The van der Waals surface area contributed by atoms with Gasteiger partial charge in [0.05, 0.1) is 25.1 Å². The zero-order valence-corrected chi connectivity index (χ0v) is 10.4. The molecule has 2 heterocycles. The Kier molecular flexibility index (Phi) is 3.44. The van der Waals surface area contributed by atoms with Gasteiger partial charge in [-0.3, -0.25) is 4.98 Å². The van der Waals surface area contributed by atoms with Crippen molar-refractivity contribution in [1.82, 2.24) is 4.98 Å². The normalized spacial score (nSPS) is 16.9. The minimum absolute atomic E-state index is 0.499. The van der Waals surface area contributed by atoms with Gasteiger partial charge in [-0.2, -0.15) is 0 Å². The molecule has 0 saturated carbocycles. The highest BCUT2D eigenvalue weighted by atomic mass is 16.5. The number of aromatic nitrogens is 1. The molecule has 1 aliphatic rings. The van der Waals surface area contributed by atoms with Gasteiger partial charge in [-0.1, -0.05) is 13.8 Å². The van der Waals surface area contributed by atoms with Gasteiger partial charge in [0.25, 0.3) is 0 Å². The summed E-state index contributed by atoms with van der Waals surface area (Å²) in [5.74, 6) is 0.499. The number of aryl methyl sites for hydroxylation is 1. The molecule has 0 aliphatic carbocycles. The van der Waals surface area contributed by atoms with Crippen molar-refractivity contribution in [3.8, 4) is 0 Å². The van der Waals surface area contributed by atoms with Gasteiger partial charge >= 0.3 is 0 Å². The van der Waals surface area contributed by atoms with Crippen LogP contribution in [0.5, 0.6) is 0 Å². The number of ether oxygens (including phenoxy) is 1. The Bertz CT molecular complexity index is 357. The summed E-state index contributed by atoms with van der Waals surface area (Å²) < 4.78 is 5.35. The maximum absolute atomic E-state index is 5.35. The Balaban J connectivity index is 2.19. The van der Waals surface area contributed by atoms with Gasteiger partial charge in [-0.25, -0.2) is 0 Å². The SMILES string of the molecule is Cc1cc(N2CCOCC2)cnc1C(C)C. The van der Waals surface area contributed by atoms with Gasteiger partial charge in [-0.05, 0) is 24.5 Å². The summed E-state index contributed by atoms with van der Waals surface area (Å²) in [4.78, 5) is 6.91. The summed E-state index contributed by atoms with van der Waals surface area (Å²) >= 11 is 0. The molecule has 88 valence electrons. The average Bonchev–Trinajstić information content (AvgIpc) is 2.29. The molecule has 16 heavy (non-hydrogen) atoms. The van der Waals surface area contributed by atoms with E-state index in [9.17, 15) is 0 Å². The Morgan fingerprint density at radius 3 is 2.56 bits per heavy atom. The Labute approximate surface area is 97.4 Å². The van der Waals surface area contributed by atoms with Crippen LogP contribution in [0.3, 0.4) is 0 Å². The predicted octanol–water partition coefficient (Wildman–Crippen LogP) is 2.35. The molecule has 0 aromatic carbocycles. The molecule has 1 aromatic rings. The van der Waals surface area contributed by atoms with Crippen molar-refractivity contribution in [3.05, 3.63) is 23.5 Å². The lowest BCUT2D eigenvalue weighted by Crippen LogP contribution is -2.36. The first kappa shape index (κ1) is 11.4. The van der Waals surface area contributed by atoms with E-state index in [1.165, 1.54) is 16.9 Å². The van der Waals surface area contributed by atoms with Gasteiger partial charge in [0.1, 0.15) is 0 Å². The fourth-order valence-corrected chi connectivity index (χ4v) is 2.17. The highest BCUT2D eigenvalue weighted by Crippen LogP contribution is 2.22. The van der Waals surface area contributed by atoms with E-state index in [0.717, 1.165) is 26.3 Å². The smallest absolute Gasteiger partial charge is 0.0642 e. The monoisotopic (exact) mass is 220 g/mol. The van der Waals surface area contributed by atoms with E-state index in [1.54, 1.807) is 0 Å². The third-order valence-corrected chi connectivity index (χ3v) is 3.03. The second-order valence-corrected chi connectivity index (χ2v) is 4.65. The van der Waals surface area contributed by atoms with Crippen molar-refractivity contribution in [1.29, 1.82) is 0 Å². The van der Waals surface area contributed by atoms with Crippen LogP contribution in [0.4, 0.5) is 5.69 Å². The quantitative estimate of drug-likeness (QED) is 0.765. The highest BCUT2D eigenvalue weighted by Gasteiger charge is 2.13. The number of hydrogen-bond acceptors (Lipinski definition) is 3. The molecule has 0 unspecified atom stereocenters. The maximum atomic E-state index is 5.35. The summed E-state index contributed by atoms with van der Waals surface area (Å²) in [6, 6.07) is 2.24. The van der Waals surface area contributed by atoms with Crippen LogP contribution in [0, 0.1) is 6.92 Å².